The SMILES string of the molecule is CCCC(C)(NC(=O)CSC(C)C)C(=O)O. The van der Waals surface area contributed by atoms with Crippen molar-refractivity contribution in [2.45, 2.75) is 51.3 Å². The largest absolute Gasteiger partial charge is 0.480 e. The van der Waals surface area contributed by atoms with Gasteiger partial charge in [0, 0.05) is 0 Å². The zero-order valence-corrected chi connectivity index (χ0v) is 11.2. The van der Waals surface area contributed by atoms with Crippen molar-refractivity contribution in [1.29, 1.82) is 0 Å². The van der Waals surface area contributed by atoms with Crippen molar-refractivity contribution in [3.05, 3.63) is 0 Å². The molecule has 0 aromatic carbocycles. The average molecular weight is 247 g/mol. The van der Waals surface area contributed by atoms with E-state index in [2.05, 4.69) is 5.32 Å². The average Bonchev–Trinajstić information content (AvgIpc) is 2.14. The molecule has 0 aromatic heterocycles. The number of carboxylic acid groups (broad SMARTS) is 1. The van der Waals surface area contributed by atoms with Gasteiger partial charge in [0.1, 0.15) is 5.54 Å². The standard InChI is InChI=1S/C11H21NO3S/c1-5-6-11(4,10(14)15)12-9(13)7-16-8(2)3/h8H,5-7H2,1-4H3,(H,12,13)(H,14,15). The zero-order chi connectivity index (χ0) is 12.8. The molecule has 5 heteroatoms. The third kappa shape index (κ3) is 5.39. The highest BCUT2D eigenvalue weighted by Gasteiger charge is 2.33. The molecule has 4 nitrogen and oxygen atoms in total. The van der Waals surface area contributed by atoms with Gasteiger partial charge in [-0.3, -0.25) is 4.79 Å². The van der Waals surface area contributed by atoms with Gasteiger partial charge in [-0.1, -0.05) is 27.2 Å². The quantitative estimate of drug-likeness (QED) is 0.721. The summed E-state index contributed by atoms with van der Waals surface area (Å²) in [5.74, 6) is -0.876. The number of nitrogens with one attached hydrogen (secondary N) is 1. The monoisotopic (exact) mass is 247 g/mol. The van der Waals surface area contributed by atoms with Gasteiger partial charge >= 0.3 is 5.97 Å². The molecular formula is C11H21NO3S. The summed E-state index contributed by atoms with van der Waals surface area (Å²) in [6.07, 6.45) is 1.17. The molecule has 0 aliphatic heterocycles. The van der Waals surface area contributed by atoms with Crippen LogP contribution in [0.15, 0.2) is 0 Å². The molecule has 0 aliphatic carbocycles. The second kappa shape index (κ2) is 6.78. The van der Waals surface area contributed by atoms with Crippen molar-refractivity contribution in [3.8, 4) is 0 Å². The number of rotatable bonds is 7. The maximum Gasteiger partial charge on any atom is 0.329 e. The van der Waals surface area contributed by atoms with Crippen molar-refractivity contribution in [2.75, 3.05) is 5.75 Å². The number of thioether (sulfide) groups is 1. The lowest BCUT2D eigenvalue weighted by atomic mass is 9.96. The van der Waals surface area contributed by atoms with Crippen molar-refractivity contribution in [2.24, 2.45) is 0 Å². The van der Waals surface area contributed by atoms with Gasteiger partial charge in [-0.25, -0.2) is 4.79 Å². The van der Waals surface area contributed by atoms with E-state index in [9.17, 15) is 9.59 Å². The summed E-state index contributed by atoms with van der Waals surface area (Å²) in [6, 6.07) is 0. The van der Waals surface area contributed by atoms with E-state index in [1.165, 1.54) is 11.8 Å². The third-order valence-electron chi connectivity index (χ3n) is 2.19. The maximum atomic E-state index is 11.5. The van der Waals surface area contributed by atoms with Crippen LogP contribution < -0.4 is 5.32 Å². The molecule has 0 fully saturated rings. The molecule has 0 saturated carbocycles. The molecule has 0 rings (SSSR count). The van der Waals surface area contributed by atoms with E-state index in [1.807, 2.05) is 20.8 Å². The summed E-state index contributed by atoms with van der Waals surface area (Å²) in [4.78, 5) is 22.6. The van der Waals surface area contributed by atoms with Crippen LogP contribution in [0.5, 0.6) is 0 Å². The van der Waals surface area contributed by atoms with Crippen LogP contribution in [0.3, 0.4) is 0 Å². The Kier molecular flexibility index (Phi) is 6.48. The molecule has 1 atom stereocenters. The minimum Gasteiger partial charge on any atom is -0.480 e. The minimum atomic E-state index is -1.14. The van der Waals surface area contributed by atoms with Gasteiger partial charge in [0.15, 0.2) is 0 Å². The molecule has 1 unspecified atom stereocenters. The van der Waals surface area contributed by atoms with Crippen LogP contribution in [-0.4, -0.2) is 33.5 Å². The second-order valence-corrected chi connectivity index (χ2v) is 5.86. The highest BCUT2D eigenvalue weighted by Crippen LogP contribution is 2.14. The van der Waals surface area contributed by atoms with E-state index >= 15 is 0 Å². The smallest absolute Gasteiger partial charge is 0.329 e. The Morgan fingerprint density at radius 1 is 1.44 bits per heavy atom. The van der Waals surface area contributed by atoms with Gasteiger partial charge < -0.3 is 10.4 Å². The normalized spacial score (nSPS) is 14.6. The number of hydrogen-bond acceptors (Lipinski definition) is 3. The first-order valence-electron chi connectivity index (χ1n) is 5.48. The summed E-state index contributed by atoms with van der Waals surface area (Å²) in [5.41, 5.74) is -1.14. The molecule has 0 aliphatic rings. The molecule has 0 spiro atoms. The fraction of sp³-hybridized carbons (Fsp3) is 0.818. The van der Waals surface area contributed by atoms with Crippen LogP contribution in [0.4, 0.5) is 0 Å². The van der Waals surface area contributed by atoms with Gasteiger partial charge in [0.25, 0.3) is 0 Å². The number of aliphatic carboxylic acids is 1. The van der Waals surface area contributed by atoms with Crippen LogP contribution >= 0.6 is 11.8 Å². The van der Waals surface area contributed by atoms with E-state index < -0.39 is 11.5 Å². The Balaban J connectivity index is 4.30. The number of carboxylic acids is 1. The van der Waals surface area contributed by atoms with Gasteiger partial charge in [-0.15, -0.1) is 11.8 Å². The van der Waals surface area contributed by atoms with E-state index in [4.69, 9.17) is 5.11 Å². The molecule has 1 amide bonds. The number of hydrogen-bond donors (Lipinski definition) is 2. The molecular weight excluding hydrogens is 226 g/mol. The Morgan fingerprint density at radius 3 is 2.38 bits per heavy atom. The summed E-state index contributed by atoms with van der Waals surface area (Å²) in [6.45, 7) is 7.45. The van der Waals surface area contributed by atoms with Crippen molar-refractivity contribution < 1.29 is 14.7 Å². The summed E-state index contributed by atoms with van der Waals surface area (Å²) >= 11 is 1.50. The van der Waals surface area contributed by atoms with Gasteiger partial charge in [-0.2, -0.15) is 0 Å². The first-order chi connectivity index (χ1) is 7.31. The van der Waals surface area contributed by atoms with Crippen LogP contribution in [0.2, 0.25) is 0 Å². The summed E-state index contributed by atoms with van der Waals surface area (Å²) in [5, 5.41) is 12.0. The van der Waals surface area contributed by atoms with Crippen LogP contribution in [-0.2, 0) is 9.59 Å². The summed E-state index contributed by atoms with van der Waals surface area (Å²) < 4.78 is 0. The molecule has 0 radical (unpaired) electrons. The molecule has 0 heterocycles. The zero-order valence-electron chi connectivity index (χ0n) is 10.4. The fourth-order valence-electron chi connectivity index (χ4n) is 1.31. The van der Waals surface area contributed by atoms with Gasteiger partial charge in [0.05, 0.1) is 5.75 Å². The highest BCUT2D eigenvalue weighted by atomic mass is 32.2. The number of carbonyl (C=O) groups is 2. The fourth-order valence-corrected chi connectivity index (χ4v) is 1.87. The van der Waals surface area contributed by atoms with Crippen molar-refractivity contribution in [3.63, 3.8) is 0 Å². The second-order valence-electron chi connectivity index (χ2n) is 4.30. The molecule has 0 bridgehead atoms. The number of carbonyl (C=O) groups excluding carboxylic acids is 1. The molecule has 2 N–H and O–H groups in total. The first-order valence-corrected chi connectivity index (χ1v) is 6.52. The predicted molar refractivity (Wildman–Crippen MR) is 66.7 cm³/mol. The lowest BCUT2D eigenvalue weighted by molar-refractivity contribution is -0.146. The van der Waals surface area contributed by atoms with E-state index in [0.717, 1.165) is 6.42 Å². The third-order valence-corrected chi connectivity index (χ3v) is 3.28. The Morgan fingerprint density at radius 2 is 2.00 bits per heavy atom. The van der Waals surface area contributed by atoms with Crippen LogP contribution in [0.1, 0.15) is 40.5 Å². The Labute approximate surface area is 101 Å². The van der Waals surface area contributed by atoms with E-state index in [0.29, 0.717) is 17.4 Å². The molecule has 0 aromatic rings. The topological polar surface area (TPSA) is 66.4 Å². The van der Waals surface area contributed by atoms with Crippen LogP contribution in [0.25, 0.3) is 0 Å². The van der Waals surface area contributed by atoms with Gasteiger partial charge in [0.2, 0.25) is 5.91 Å². The Bertz CT molecular complexity index is 256. The van der Waals surface area contributed by atoms with E-state index in [-0.39, 0.29) is 5.91 Å². The van der Waals surface area contributed by atoms with Crippen molar-refractivity contribution >= 4 is 23.6 Å². The number of amides is 1. The minimum absolute atomic E-state index is 0.211. The summed E-state index contributed by atoms with van der Waals surface area (Å²) in [7, 11) is 0. The molecule has 0 saturated heterocycles. The van der Waals surface area contributed by atoms with Crippen molar-refractivity contribution in [1.82, 2.24) is 5.32 Å². The molecule has 94 valence electrons. The molecule has 16 heavy (non-hydrogen) atoms. The lowest BCUT2D eigenvalue weighted by Gasteiger charge is -2.25. The van der Waals surface area contributed by atoms with Gasteiger partial charge in [-0.05, 0) is 18.6 Å². The predicted octanol–water partition coefficient (Wildman–Crippen LogP) is 1.89. The van der Waals surface area contributed by atoms with E-state index in [1.54, 1.807) is 6.92 Å². The lowest BCUT2D eigenvalue weighted by Crippen LogP contribution is -2.52. The first kappa shape index (κ1) is 15.3. The highest BCUT2D eigenvalue weighted by molar-refractivity contribution is 8.00. The van der Waals surface area contributed by atoms with Crippen LogP contribution in [0, 0.1) is 0 Å². The maximum absolute atomic E-state index is 11.5. The Hall–Kier alpha value is -0.710.